The van der Waals surface area contributed by atoms with E-state index in [4.69, 9.17) is 0 Å². The highest BCUT2D eigenvalue weighted by Gasteiger charge is 2.07. The summed E-state index contributed by atoms with van der Waals surface area (Å²) in [6.45, 7) is 0. The van der Waals surface area contributed by atoms with E-state index in [1.807, 2.05) is 0 Å². The van der Waals surface area contributed by atoms with Crippen molar-refractivity contribution in [3.8, 4) is 0 Å². The van der Waals surface area contributed by atoms with Gasteiger partial charge in [0.2, 0.25) is 0 Å². The second kappa shape index (κ2) is 3.99. The average molecular weight is 245 g/mol. The van der Waals surface area contributed by atoms with Crippen molar-refractivity contribution in [2.45, 2.75) is 0 Å². The van der Waals surface area contributed by atoms with Crippen molar-refractivity contribution in [3.63, 3.8) is 0 Å². The highest BCUT2D eigenvalue weighted by Crippen LogP contribution is 2.11. The molecule has 0 bridgehead atoms. The van der Waals surface area contributed by atoms with Crippen molar-refractivity contribution in [3.05, 3.63) is 39.9 Å². The minimum absolute atomic E-state index is 0.0360. The van der Waals surface area contributed by atoms with E-state index in [2.05, 4.69) is 20.5 Å². The molecule has 0 fully saturated rings. The molecule has 1 rings (SSSR count). The van der Waals surface area contributed by atoms with Gasteiger partial charge in [-0.15, -0.1) is 0 Å². The van der Waals surface area contributed by atoms with Crippen molar-refractivity contribution in [2.75, 3.05) is 0 Å². The third-order valence-electron chi connectivity index (χ3n) is 1.43. The number of benzene rings is 1. The summed E-state index contributed by atoms with van der Waals surface area (Å²) in [7, 11) is 0. The van der Waals surface area contributed by atoms with Crippen LogP contribution in [-0.2, 0) is 0 Å². The first-order valence-electron chi connectivity index (χ1n) is 3.30. The van der Waals surface area contributed by atoms with Gasteiger partial charge in [-0.05, 0) is 12.1 Å². The maximum atomic E-state index is 11.0. The van der Waals surface area contributed by atoms with Crippen LogP contribution in [0.1, 0.15) is 10.4 Å². The Morgan fingerprint density at radius 3 is 2.31 bits per heavy atom. The summed E-state index contributed by atoms with van der Waals surface area (Å²) in [6.07, 6.45) is 0. The van der Waals surface area contributed by atoms with E-state index in [1.54, 1.807) is 0 Å². The molecular formula is C7H5BrN2O3. The number of nitro benzene ring substituents is 1. The lowest BCUT2D eigenvalue weighted by Crippen LogP contribution is -2.11. The molecule has 0 aromatic heterocycles. The Morgan fingerprint density at radius 1 is 1.38 bits per heavy atom. The van der Waals surface area contributed by atoms with Gasteiger partial charge >= 0.3 is 0 Å². The van der Waals surface area contributed by atoms with Crippen LogP contribution in [0.4, 0.5) is 5.69 Å². The van der Waals surface area contributed by atoms with Gasteiger partial charge in [-0.2, -0.15) is 0 Å². The molecule has 0 saturated carbocycles. The number of nitrogens with zero attached hydrogens (tertiary/aromatic N) is 1. The maximum absolute atomic E-state index is 11.0. The molecule has 0 saturated heterocycles. The summed E-state index contributed by atoms with van der Waals surface area (Å²) in [5.41, 5.74) is 0.327. The van der Waals surface area contributed by atoms with Crippen LogP contribution >= 0.6 is 16.1 Å². The Kier molecular flexibility index (Phi) is 2.97. The van der Waals surface area contributed by atoms with Gasteiger partial charge in [-0.3, -0.25) is 19.3 Å². The molecule has 0 aliphatic carbocycles. The molecular weight excluding hydrogens is 240 g/mol. The number of halogens is 1. The molecule has 68 valence electrons. The third-order valence-corrected chi connectivity index (χ3v) is 1.79. The van der Waals surface area contributed by atoms with Gasteiger partial charge in [0.1, 0.15) is 0 Å². The molecule has 13 heavy (non-hydrogen) atoms. The molecule has 5 nitrogen and oxygen atoms in total. The maximum Gasteiger partial charge on any atom is 0.269 e. The van der Waals surface area contributed by atoms with Crippen LogP contribution in [0.2, 0.25) is 0 Å². The van der Waals surface area contributed by atoms with Crippen molar-refractivity contribution in [1.29, 1.82) is 0 Å². The fourth-order valence-corrected chi connectivity index (χ4v) is 1.02. The van der Waals surface area contributed by atoms with E-state index in [9.17, 15) is 14.9 Å². The summed E-state index contributed by atoms with van der Waals surface area (Å²) < 4.78 is 2.23. The van der Waals surface area contributed by atoms with E-state index in [-0.39, 0.29) is 11.6 Å². The van der Waals surface area contributed by atoms with Crippen LogP contribution in [0.5, 0.6) is 0 Å². The molecule has 1 aromatic carbocycles. The van der Waals surface area contributed by atoms with Gasteiger partial charge in [-0.1, -0.05) is 0 Å². The second-order valence-corrected chi connectivity index (χ2v) is 2.62. The quantitative estimate of drug-likeness (QED) is 0.489. The molecule has 0 spiro atoms. The predicted octanol–water partition coefficient (Wildman–Crippen LogP) is 1.63. The van der Waals surface area contributed by atoms with E-state index in [0.717, 1.165) is 0 Å². The van der Waals surface area contributed by atoms with Crippen LogP contribution in [-0.4, -0.2) is 10.8 Å². The minimum atomic E-state index is -0.518. The lowest BCUT2D eigenvalue weighted by Gasteiger charge is -1.96. The first-order valence-corrected chi connectivity index (χ1v) is 4.10. The summed E-state index contributed by atoms with van der Waals surface area (Å²) >= 11 is 2.77. The highest BCUT2D eigenvalue weighted by atomic mass is 79.9. The van der Waals surface area contributed by atoms with Gasteiger partial charge in [0, 0.05) is 33.8 Å². The monoisotopic (exact) mass is 244 g/mol. The minimum Gasteiger partial charge on any atom is -0.289 e. The Labute approximate surface area is 82.2 Å². The Hall–Kier alpha value is -1.43. The third kappa shape index (κ3) is 2.25. The molecule has 1 N–H and O–H groups in total. The lowest BCUT2D eigenvalue weighted by atomic mass is 10.2. The van der Waals surface area contributed by atoms with Crippen molar-refractivity contribution in [2.24, 2.45) is 0 Å². The molecule has 1 aromatic rings. The van der Waals surface area contributed by atoms with Gasteiger partial charge in [0.15, 0.2) is 0 Å². The highest BCUT2D eigenvalue weighted by molar-refractivity contribution is 9.08. The topological polar surface area (TPSA) is 72.2 Å². The zero-order chi connectivity index (χ0) is 9.84. The average Bonchev–Trinajstić information content (AvgIpc) is 2.17. The molecule has 0 atom stereocenters. The fraction of sp³-hybridized carbons (Fsp3) is 0. The number of rotatable bonds is 2. The number of carbonyl (C=O) groups is 1. The van der Waals surface area contributed by atoms with E-state index in [0.29, 0.717) is 5.56 Å². The van der Waals surface area contributed by atoms with Crippen molar-refractivity contribution in [1.82, 2.24) is 4.34 Å². The zero-order valence-electron chi connectivity index (χ0n) is 6.36. The molecule has 0 aliphatic heterocycles. The molecule has 0 aliphatic rings. The number of nitrogens with one attached hydrogen (secondary N) is 1. The Bertz CT molecular complexity index is 336. The predicted molar refractivity (Wildman–Crippen MR) is 49.5 cm³/mol. The number of nitro groups is 1. The molecule has 0 radical (unpaired) electrons. The summed E-state index contributed by atoms with van der Waals surface area (Å²) in [4.78, 5) is 20.7. The van der Waals surface area contributed by atoms with Crippen LogP contribution in [0.15, 0.2) is 24.3 Å². The fourth-order valence-electron chi connectivity index (χ4n) is 0.789. The molecule has 0 heterocycles. The number of non-ortho nitro benzene ring substituents is 1. The molecule has 6 heteroatoms. The van der Waals surface area contributed by atoms with Gasteiger partial charge in [0.05, 0.1) is 4.92 Å². The van der Waals surface area contributed by atoms with Gasteiger partial charge in [-0.25, -0.2) is 0 Å². The largest absolute Gasteiger partial charge is 0.289 e. The van der Waals surface area contributed by atoms with Gasteiger partial charge in [0.25, 0.3) is 11.6 Å². The van der Waals surface area contributed by atoms with Gasteiger partial charge < -0.3 is 0 Å². The van der Waals surface area contributed by atoms with Crippen LogP contribution in [0.25, 0.3) is 0 Å². The summed E-state index contributed by atoms with van der Waals surface area (Å²) in [5.74, 6) is -0.338. The smallest absolute Gasteiger partial charge is 0.269 e. The van der Waals surface area contributed by atoms with Crippen molar-refractivity contribution < 1.29 is 9.72 Å². The zero-order valence-corrected chi connectivity index (χ0v) is 7.95. The van der Waals surface area contributed by atoms with Crippen molar-refractivity contribution >= 4 is 27.7 Å². The normalized spacial score (nSPS) is 9.31. The second-order valence-electron chi connectivity index (χ2n) is 2.23. The number of carbonyl (C=O) groups excluding carboxylic acids is 1. The molecule has 0 unspecified atom stereocenters. The standard InChI is InChI=1S/C7H5BrN2O3/c8-9-7(11)5-1-3-6(4-2-5)10(12)13/h1-4H,(H,9,11). The SMILES string of the molecule is O=C(NBr)c1ccc([N+](=O)[O-])cc1. The Balaban J connectivity index is 2.93. The Morgan fingerprint density at radius 2 is 1.92 bits per heavy atom. The van der Waals surface area contributed by atoms with Crippen LogP contribution in [0.3, 0.4) is 0 Å². The van der Waals surface area contributed by atoms with E-state index < -0.39 is 4.92 Å². The van der Waals surface area contributed by atoms with Crippen LogP contribution < -0.4 is 4.34 Å². The number of hydrogen-bond donors (Lipinski definition) is 1. The van der Waals surface area contributed by atoms with Crippen LogP contribution in [0, 0.1) is 10.1 Å². The molecule has 1 amide bonds. The number of hydrogen-bond acceptors (Lipinski definition) is 3. The van der Waals surface area contributed by atoms with E-state index in [1.165, 1.54) is 24.3 Å². The van der Waals surface area contributed by atoms with E-state index >= 15 is 0 Å². The lowest BCUT2D eigenvalue weighted by molar-refractivity contribution is -0.384. The first kappa shape index (κ1) is 9.66. The first-order chi connectivity index (χ1) is 6.15. The summed E-state index contributed by atoms with van der Waals surface area (Å²) in [5, 5.41) is 10.2. The number of amides is 1. The summed E-state index contributed by atoms with van der Waals surface area (Å²) in [6, 6.07) is 5.32.